The molecule has 26 heavy (non-hydrogen) atoms. The van der Waals surface area contributed by atoms with Crippen molar-refractivity contribution in [3.63, 3.8) is 0 Å². The Labute approximate surface area is 159 Å². The fourth-order valence-electron chi connectivity index (χ4n) is 3.31. The number of ether oxygens (including phenoxy) is 2. The summed E-state index contributed by atoms with van der Waals surface area (Å²) in [6, 6.07) is 13.7. The molecule has 4 nitrogen and oxygen atoms in total. The van der Waals surface area contributed by atoms with E-state index in [1.165, 1.54) is 0 Å². The zero-order valence-corrected chi connectivity index (χ0v) is 15.7. The van der Waals surface area contributed by atoms with Gasteiger partial charge in [-0.05, 0) is 61.1 Å². The molecule has 1 aliphatic rings. The summed E-state index contributed by atoms with van der Waals surface area (Å²) in [5.41, 5.74) is 3.00. The van der Waals surface area contributed by atoms with E-state index in [0.29, 0.717) is 30.9 Å². The number of halogens is 1. The molecule has 1 aliphatic heterocycles. The van der Waals surface area contributed by atoms with Crippen molar-refractivity contribution in [1.29, 1.82) is 0 Å². The highest BCUT2D eigenvalue weighted by Crippen LogP contribution is 2.34. The Balaban J connectivity index is 1.78. The molecule has 1 heterocycles. The number of rotatable bonds is 6. The van der Waals surface area contributed by atoms with Crippen LogP contribution in [0.2, 0.25) is 5.02 Å². The molecule has 3 rings (SSSR count). The van der Waals surface area contributed by atoms with Crippen molar-refractivity contribution in [2.75, 3.05) is 13.2 Å². The van der Waals surface area contributed by atoms with Crippen molar-refractivity contribution in [3.8, 4) is 5.75 Å². The molecule has 0 spiro atoms. The molecule has 0 amide bonds. The zero-order valence-electron chi connectivity index (χ0n) is 14.9. The van der Waals surface area contributed by atoms with Crippen LogP contribution < -0.4 is 4.74 Å². The minimum absolute atomic E-state index is 0.0319. The van der Waals surface area contributed by atoms with Crippen molar-refractivity contribution < 1.29 is 19.7 Å². The molecule has 140 valence electrons. The van der Waals surface area contributed by atoms with Gasteiger partial charge in [0, 0.05) is 5.02 Å². The normalized spacial score (nSPS) is 23.0. The monoisotopic (exact) mass is 376 g/mol. The average Bonchev–Trinajstić information content (AvgIpc) is 2.66. The van der Waals surface area contributed by atoms with E-state index in [4.69, 9.17) is 21.1 Å². The van der Waals surface area contributed by atoms with Crippen LogP contribution in [-0.2, 0) is 11.2 Å². The summed E-state index contributed by atoms with van der Waals surface area (Å²) in [6.07, 6.45) is 0.738. The third-order valence-electron chi connectivity index (χ3n) is 4.70. The summed E-state index contributed by atoms with van der Waals surface area (Å²) in [4.78, 5) is 0. The fraction of sp³-hybridized carbons (Fsp3) is 0.429. The van der Waals surface area contributed by atoms with E-state index in [0.717, 1.165) is 22.4 Å². The summed E-state index contributed by atoms with van der Waals surface area (Å²) in [5, 5.41) is 20.4. The first kappa shape index (κ1) is 19.2. The molecule has 2 aromatic carbocycles. The number of hydrogen-bond acceptors (Lipinski definition) is 4. The van der Waals surface area contributed by atoms with E-state index < -0.39 is 12.2 Å². The first-order valence-electron chi connectivity index (χ1n) is 9.05. The molecule has 3 atom stereocenters. The Hall–Kier alpha value is -1.59. The van der Waals surface area contributed by atoms with Crippen molar-refractivity contribution in [1.82, 2.24) is 0 Å². The van der Waals surface area contributed by atoms with E-state index in [-0.39, 0.29) is 12.7 Å². The molecular weight excluding hydrogens is 352 g/mol. The third-order valence-corrected chi connectivity index (χ3v) is 5.07. The second kappa shape index (κ2) is 8.87. The third kappa shape index (κ3) is 4.57. The van der Waals surface area contributed by atoms with Gasteiger partial charge >= 0.3 is 0 Å². The lowest BCUT2D eigenvalue weighted by molar-refractivity contribution is -0.132. The molecule has 0 radical (unpaired) electrons. The van der Waals surface area contributed by atoms with Gasteiger partial charge in [0.2, 0.25) is 0 Å². The van der Waals surface area contributed by atoms with Gasteiger partial charge in [0.15, 0.2) is 0 Å². The highest BCUT2D eigenvalue weighted by atomic mass is 35.5. The van der Waals surface area contributed by atoms with Gasteiger partial charge in [-0.3, -0.25) is 0 Å². The number of aliphatic hydroxyl groups is 2. The fourth-order valence-corrected chi connectivity index (χ4v) is 3.49. The molecule has 1 fully saturated rings. The van der Waals surface area contributed by atoms with E-state index >= 15 is 0 Å². The van der Waals surface area contributed by atoms with Crippen molar-refractivity contribution in [2.24, 2.45) is 0 Å². The van der Waals surface area contributed by atoms with Gasteiger partial charge in [0.1, 0.15) is 11.9 Å². The first-order chi connectivity index (χ1) is 12.6. The summed E-state index contributed by atoms with van der Waals surface area (Å²) in [7, 11) is 0. The Morgan fingerprint density at radius 2 is 1.92 bits per heavy atom. The van der Waals surface area contributed by atoms with Gasteiger partial charge in [0.05, 0.1) is 25.4 Å². The average molecular weight is 377 g/mol. The summed E-state index contributed by atoms with van der Waals surface area (Å²) in [6.45, 7) is 2.57. The molecular formula is C21H25ClO4. The van der Waals surface area contributed by atoms with Crippen LogP contribution in [0.3, 0.4) is 0 Å². The van der Waals surface area contributed by atoms with Gasteiger partial charge < -0.3 is 19.7 Å². The molecule has 2 aromatic rings. The minimum atomic E-state index is -0.572. The maximum atomic E-state index is 10.3. The Kier molecular flexibility index (Phi) is 6.54. The summed E-state index contributed by atoms with van der Waals surface area (Å²) in [5.74, 6) is 0.852. The van der Waals surface area contributed by atoms with E-state index in [1.807, 2.05) is 49.4 Å². The van der Waals surface area contributed by atoms with Crippen LogP contribution in [0, 0.1) is 0 Å². The Morgan fingerprint density at radius 1 is 1.15 bits per heavy atom. The van der Waals surface area contributed by atoms with Crippen molar-refractivity contribution >= 4 is 11.6 Å². The SMILES string of the molecule is CCOc1ccc(Cc2cc([C@@H]3O[C@H](CO)CC[C@H]3O)ccc2Cl)cc1. The van der Waals surface area contributed by atoms with Crippen LogP contribution in [-0.4, -0.2) is 35.6 Å². The molecule has 0 unspecified atom stereocenters. The maximum absolute atomic E-state index is 10.3. The second-order valence-electron chi connectivity index (χ2n) is 6.61. The van der Waals surface area contributed by atoms with Crippen LogP contribution in [0.25, 0.3) is 0 Å². The van der Waals surface area contributed by atoms with Gasteiger partial charge in [-0.2, -0.15) is 0 Å². The lowest BCUT2D eigenvalue weighted by Crippen LogP contribution is -2.34. The Bertz CT molecular complexity index is 716. The summed E-state index contributed by atoms with van der Waals surface area (Å²) < 4.78 is 11.3. The van der Waals surface area contributed by atoms with Crippen LogP contribution >= 0.6 is 11.6 Å². The smallest absolute Gasteiger partial charge is 0.119 e. The van der Waals surface area contributed by atoms with Gasteiger partial charge in [-0.25, -0.2) is 0 Å². The first-order valence-corrected chi connectivity index (χ1v) is 9.43. The predicted molar refractivity (Wildman–Crippen MR) is 102 cm³/mol. The topological polar surface area (TPSA) is 58.9 Å². The second-order valence-corrected chi connectivity index (χ2v) is 7.02. The highest BCUT2D eigenvalue weighted by molar-refractivity contribution is 6.31. The largest absolute Gasteiger partial charge is 0.494 e. The van der Waals surface area contributed by atoms with Crippen molar-refractivity contribution in [2.45, 2.75) is 44.5 Å². The molecule has 2 N–H and O–H groups in total. The lowest BCUT2D eigenvalue weighted by Gasteiger charge is -2.33. The highest BCUT2D eigenvalue weighted by Gasteiger charge is 2.31. The zero-order chi connectivity index (χ0) is 18.5. The quantitative estimate of drug-likeness (QED) is 0.802. The van der Waals surface area contributed by atoms with Crippen LogP contribution in [0.5, 0.6) is 5.75 Å². The lowest BCUT2D eigenvalue weighted by atomic mass is 9.93. The van der Waals surface area contributed by atoms with E-state index in [1.54, 1.807) is 0 Å². The molecule has 0 aromatic heterocycles. The van der Waals surface area contributed by atoms with Gasteiger partial charge in [-0.1, -0.05) is 35.9 Å². The predicted octanol–water partition coefficient (Wildman–Crippen LogP) is 3.90. The van der Waals surface area contributed by atoms with E-state index in [9.17, 15) is 10.2 Å². The van der Waals surface area contributed by atoms with Gasteiger partial charge in [0.25, 0.3) is 0 Å². The number of benzene rings is 2. The number of aliphatic hydroxyl groups excluding tert-OH is 2. The van der Waals surface area contributed by atoms with Crippen LogP contribution in [0.1, 0.15) is 42.6 Å². The van der Waals surface area contributed by atoms with Crippen molar-refractivity contribution in [3.05, 3.63) is 64.2 Å². The minimum Gasteiger partial charge on any atom is -0.494 e. The Morgan fingerprint density at radius 3 is 2.62 bits per heavy atom. The standard InChI is InChI=1S/C21H25ClO4/c1-2-25-17-6-3-14(4-7-17)11-16-12-15(5-9-19(16)22)21-20(24)10-8-18(13-23)26-21/h3-7,9,12,18,20-21,23-24H,2,8,10-11,13H2,1H3/t18-,20+,21-/m0/s1. The molecule has 0 aliphatic carbocycles. The molecule has 0 bridgehead atoms. The van der Waals surface area contributed by atoms with Crippen LogP contribution in [0.15, 0.2) is 42.5 Å². The van der Waals surface area contributed by atoms with Gasteiger partial charge in [-0.15, -0.1) is 0 Å². The molecule has 0 saturated carbocycles. The molecule has 1 saturated heterocycles. The van der Waals surface area contributed by atoms with Crippen LogP contribution in [0.4, 0.5) is 0 Å². The maximum Gasteiger partial charge on any atom is 0.119 e. The number of hydrogen-bond donors (Lipinski definition) is 2. The summed E-state index contributed by atoms with van der Waals surface area (Å²) >= 11 is 6.39. The van der Waals surface area contributed by atoms with E-state index in [2.05, 4.69) is 0 Å². The molecule has 5 heteroatoms.